The van der Waals surface area contributed by atoms with Gasteiger partial charge in [-0.3, -0.25) is 4.98 Å². The molecule has 8 heteroatoms. The number of rotatable bonds is 6. The predicted molar refractivity (Wildman–Crippen MR) is 122 cm³/mol. The number of hydrogen-bond acceptors (Lipinski definition) is 7. The lowest BCUT2D eigenvalue weighted by Gasteiger charge is -2.12. The predicted octanol–water partition coefficient (Wildman–Crippen LogP) is 4.71. The van der Waals surface area contributed by atoms with Crippen LogP contribution in [0.15, 0.2) is 67.4 Å². The molecule has 0 unspecified atom stereocenters. The van der Waals surface area contributed by atoms with Crippen LogP contribution in [0, 0.1) is 0 Å². The molecule has 0 fully saturated rings. The van der Waals surface area contributed by atoms with Gasteiger partial charge in [-0.2, -0.15) is 9.97 Å². The average Bonchev–Trinajstić information content (AvgIpc) is 3.23. The molecule has 0 amide bonds. The van der Waals surface area contributed by atoms with Crippen LogP contribution in [0.25, 0.3) is 21.9 Å². The van der Waals surface area contributed by atoms with Crippen molar-refractivity contribution in [2.45, 2.75) is 26.4 Å². The highest BCUT2D eigenvalue weighted by molar-refractivity contribution is 5.93. The number of pyridine rings is 2. The SMILES string of the molecule is CC(C)n1cnc2c(NCc3cccnc3)nc(Nc3nccc4ccccc34)nc21. The Balaban J connectivity index is 1.56. The van der Waals surface area contributed by atoms with Crippen LogP contribution in [-0.2, 0) is 6.54 Å². The molecule has 154 valence electrons. The van der Waals surface area contributed by atoms with Gasteiger partial charge in [-0.05, 0) is 36.9 Å². The van der Waals surface area contributed by atoms with Gasteiger partial charge in [-0.25, -0.2) is 9.97 Å². The largest absolute Gasteiger partial charge is 0.364 e. The zero-order valence-electron chi connectivity index (χ0n) is 17.3. The molecule has 4 heterocycles. The zero-order valence-corrected chi connectivity index (χ0v) is 17.3. The summed E-state index contributed by atoms with van der Waals surface area (Å²) in [5, 5.41) is 8.81. The molecule has 4 aromatic heterocycles. The van der Waals surface area contributed by atoms with Gasteiger partial charge in [-0.1, -0.05) is 30.3 Å². The summed E-state index contributed by atoms with van der Waals surface area (Å²) in [6.07, 6.45) is 7.18. The summed E-state index contributed by atoms with van der Waals surface area (Å²) in [5.41, 5.74) is 2.55. The Bertz CT molecular complexity index is 1340. The summed E-state index contributed by atoms with van der Waals surface area (Å²) in [4.78, 5) is 22.7. The molecule has 0 aliphatic rings. The number of hydrogen-bond donors (Lipinski definition) is 2. The van der Waals surface area contributed by atoms with Crippen molar-refractivity contribution in [1.29, 1.82) is 0 Å². The Hall–Kier alpha value is -4.07. The van der Waals surface area contributed by atoms with Crippen LogP contribution in [0.2, 0.25) is 0 Å². The maximum Gasteiger partial charge on any atom is 0.232 e. The summed E-state index contributed by atoms with van der Waals surface area (Å²) in [6.45, 7) is 4.79. The van der Waals surface area contributed by atoms with Gasteiger partial charge < -0.3 is 15.2 Å². The lowest BCUT2D eigenvalue weighted by molar-refractivity contribution is 0.613. The molecule has 0 atom stereocenters. The van der Waals surface area contributed by atoms with Crippen molar-refractivity contribution in [2.75, 3.05) is 10.6 Å². The van der Waals surface area contributed by atoms with E-state index in [1.165, 1.54) is 0 Å². The molecule has 5 aromatic rings. The fraction of sp³-hybridized carbons (Fsp3) is 0.174. The Labute approximate surface area is 179 Å². The van der Waals surface area contributed by atoms with E-state index in [0.29, 0.717) is 24.1 Å². The molecule has 8 nitrogen and oxygen atoms in total. The Kier molecular flexibility index (Phi) is 4.87. The van der Waals surface area contributed by atoms with Crippen molar-refractivity contribution < 1.29 is 0 Å². The molecule has 0 aliphatic heterocycles. The van der Waals surface area contributed by atoms with E-state index in [-0.39, 0.29) is 6.04 Å². The fourth-order valence-corrected chi connectivity index (χ4v) is 3.49. The van der Waals surface area contributed by atoms with E-state index in [9.17, 15) is 0 Å². The van der Waals surface area contributed by atoms with Crippen molar-refractivity contribution in [3.05, 3.63) is 72.9 Å². The molecule has 0 spiro atoms. The summed E-state index contributed by atoms with van der Waals surface area (Å²) in [7, 11) is 0. The molecule has 0 aliphatic carbocycles. The zero-order chi connectivity index (χ0) is 21.2. The van der Waals surface area contributed by atoms with Crippen molar-refractivity contribution >= 4 is 39.5 Å². The lowest BCUT2D eigenvalue weighted by Crippen LogP contribution is -2.08. The molecule has 0 radical (unpaired) electrons. The first-order valence-electron chi connectivity index (χ1n) is 10.2. The molecule has 0 saturated carbocycles. The highest BCUT2D eigenvalue weighted by Gasteiger charge is 2.16. The molecular formula is C23H22N8. The minimum Gasteiger partial charge on any atom is -0.364 e. The second-order valence-electron chi connectivity index (χ2n) is 7.53. The van der Waals surface area contributed by atoms with Crippen molar-refractivity contribution in [1.82, 2.24) is 29.5 Å². The van der Waals surface area contributed by atoms with Gasteiger partial charge in [0.15, 0.2) is 17.0 Å². The van der Waals surface area contributed by atoms with Crippen LogP contribution in [0.1, 0.15) is 25.5 Å². The van der Waals surface area contributed by atoms with Gasteiger partial charge in [0.25, 0.3) is 0 Å². The highest BCUT2D eigenvalue weighted by atomic mass is 15.2. The van der Waals surface area contributed by atoms with Crippen LogP contribution in [0.3, 0.4) is 0 Å². The second-order valence-corrected chi connectivity index (χ2v) is 7.53. The first kappa shape index (κ1) is 18.9. The second kappa shape index (κ2) is 7.98. The van der Waals surface area contributed by atoms with Gasteiger partial charge in [0.1, 0.15) is 5.82 Å². The lowest BCUT2D eigenvalue weighted by atomic mass is 10.1. The van der Waals surface area contributed by atoms with E-state index in [0.717, 1.165) is 27.5 Å². The minimum absolute atomic E-state index is 0.217. The van der Waals surface area contributed by atoms with Crippen LogP contribution in [0.4, 0.5) is 17.6 Å². The van der Waals surface area contributed by atoms with Crippen LogP contribution in [-0.4, -0.2) is 29.5 Å². The van der Waals surface area contributed by atoms with Crippen LogP contribution in [0.5, 0.6) is 0 Å². The summed E-state index contributed by atoms with van der Waals surface area (Å²) >= 11 is 0. The van der Waals surface area contributed by atoms with Crippen molar-refractivity contribution in [3.63, 3.8) is 0 Å². The van der Waals surface area contributed by atoms with E-state index < -0.39 is 0 Å². The third kappa shape index (κ3) is 3.75. The number of benzene rings is 1. The van der Waals surface area contributed by atoms with Crippen molar-refractivity contribution in [3.8, 4) is 0 Å². The van der Waals surface area contributed by atoms with E-state index in [1.54, 1.807) is 18.7 Å². The fourth-order valence-electron chi connectivity index (χ4n) is 3.49. The average molecular weight is 410 g/mol. The maximum atomic E-state index is 4.76. The number of nitrogens with one attached hydrogen (secondary N) is 2. The molecular weight excluding hydrogens is 388 g/mol. The molecule has 31 heavy (non-hydrogen) atoms. The number of aromatic nitrogens is 6. The standard InChI is InChI=1S/C23H22N8/c1-15(2)31-14-27-19-21(26-13-16-6-5-10-24-12-16)29-23(30-22(19)31)28-20-18-8-4-3-7-17(18)9-11-25-20/h3-12,14-15H,13H2,1-2H3,(H2,25,26,28,29,30). The van der Waals surface area contributed by atoms with Gasteiger partial charge in [0.2, 0.25) is 5.95 Å². The van der Waals surface area contributed by atoms with E-state index in [2.05, 4.69) is 45.5 Å². The van der Waals surface area contributed by atoms with Crippen LogP contribution < -0.4 is 10.6 Å². The van der Waals surface area contributed by atoms with Gasteiger partial charge in [-0.15, -0.1) is 0 Å². The summed E-state index contributed by atoms with van der Waals surface area (Å²) in [5.74, 6) is 1.84. The monoisotopic (exact) mass is 410 g/mol. The molecule has 0 saturated heterocycles. The van der Waals surface area contributed by atoms with Gasteiger partial charge in [0, 0.05) is 36.6 Å². The third-order valence-corrected chi connectivity index (χ3v) is 5.06. The molecule has 2 N–H and O–H groups in total. The number of fused-ring (bicyclic) bond motifs is 2. The van der Waals surface area contributed by atoms with Crippen molar-refractivity contribution in [2.24, 2.45) is 0 Å². The number of anilines is 3. The first-order chi connectivity index (χ1) is 15.2. The first-order valence-corrected chi connectivity index (χ1v) is 10.2. The van der Waals surface area contributed by atoms with Gasteiger partial charge in [0.05, 0.1) is 6.33 Å². The number of nitrogens with zero attached hydrogens (tertiary/aromatic N) is 6. The van der Waals surface area contributed by atoms with Gasteiger partial charge >= 0.3 is 0 Å². The minimum atomic E-state index is 0.217. The van der Waals surface area contributed by atoms with E-state index in [4.69, 9.17) is 9.97 Å². The third-order valence-electron chi connectivity index (χ3n) is 5.06. The number of imidazole rings is 1. The smallest absolute Gasteiger partial charge is 0.232 e. The highest BCUT2D eigenvalue weighted by Crippen LogP contribution is 2.27. The Morgan fingerprint density at radius 3 is 2.68 bits per heavy atom. The Morgan fingerprint density at radius 2 is 1.84 bits per heavy atom. The summed E-state index contributed by atoms with van der Waals surface area (Å²) < 4.78 is 2.04. The molecule has 5 rings (SSSR count). The normalized spacial score (nSPS) is 11.3. The maximum absolute atomic E-state index is 4.76. The Morgan fingerprint density at radius 1 is 0.935 bits per heavy atom. The summed E-state index contributed by atoms with van der Waals surface area (Å²) in [6, 6.07) is 14.2. The quantitative estimate of drug-likeness (QED) is 0.419. The molecule has 1 aromatic carbocycles. The van der Waals surface area contributed by atoms with Crippen LogP contribution >= 0.6 is 0 Å². The van der Waals surface area contributed by atoms with E-state index >= 15 is 0 Å². The van der Waals surface area contributed by atoms with E-state index in [1.807, 2.05) is 47.2 Å². The topological polar surface area (TPSA) is 93.4 Å². The molecule has 0 bridgehead atoms.